The molecular weight excluding hydrogens is 314 g/mol. The molecule has 1 saturated heterocycles. The van der Waals surface area contributed by atoms with Gasteiger partial charge in [-0.1, -0.05) is 48.5 Å². The van der Waals surface area contributed by atoms with E-state index in [1.165, 1.54) is 5.56 Å². The minimum Gasteiger partial charge on any atom is -0.483 e. The van der Waals surface area contributed by atoms with E-state index < -0.39 is 0 Å². The summed E-state index contributed by atoms with van der Waals surface area (Å²) >= 11 is 0. The highest BCUT2D eigenvalue weighted by molar-refractivity contribution is 5.78. The molecule has 1 N–H and O–H groups in total. The minimum atomic E-state index is -0.370. The first-order valence-electron chi connectivity index (χ1n) is 8.84. The van der Waals surface area contributed by atoms with E-state index in [0.29, 0.717) is 13.1 Å². The van der Waals surface area contributed by atoms with E-state index >= 15 is 0 Å². The van der Waals surface area contributed by atoms with E-state index in [1.807, 2.05) is 42.5 Å². The Labute approximate surface area is 149 Å². The molecule has 1 fully saturated rings. The van der Waals surface area contributed by atoms with Gasteiger partial charge in [0, 0.05) is 25.4 Å². The van der Waals surface area contributed by atoms with Gasteiger partial charge < -0.3 is 14.7 Å². The average molecular weight is 339 g/mol. The molecule has 0 radical (unpaired) electrons. The molecule has 0 aromatic heterocycles. The Kier molecular flexibility index (Phi) is 5.71. The lowest BCUT2D eigenvalue weighted by Crippen LogP contribution is -2.34. The molecule has 1 heterocycles. The number of para-hydroxylation sites is 1. The zero-order chi connectivity index (χ0) is 17.6. The first-order chi connectivity index (χ1) is 12.1. The number of carbonyl (C=O) groups is 1. The Morgan fingerprint density at radius 2 is 1.92 bits per heavy atom. The largest absolute Gasteiger partial charge is 0.483 e. The monoisotopic (exact) mass is 339 g/mol. The van der Waals surface area contributed by atoms with Crippen LogP contribution in [-0.4, -0.2) is 41.7 Å². The predicted octanol–water partition coefficient (Wildman–Crippen LogP) is 2.89. The topological polar surface area (TPSA) is 49.8 Å². The van der Waals surface area contributed by atoms with Crippen LogP contribution < -0.4 is 4.74 Å². The van der Waals surface area contributed by atoms with Crippen LogP contribution >= 0.6 is 0 Å². The fourth-order valence-corrected chi connectivity index (χ4v) is 3.24. The van der Waals surface area contributed by atoms with Crippen molar-refractivity contribution in [3.8, 4) is 5.75 Å². The van der Waals surface area contributed by atoms with Crippen LogP contribution in [0, 0.1) is 5.92 Å². The number of aliphatic hydroxyl groups excluding tert-OH is 1. The third-order valence-electron chi connectivity index (χ3n) is 4.82. The Morgan fingerprint density at radius 1 is 1.20 bits per heavy atom. The van der Waals surface area contributed by atoms with Crippen LogP contribution in [-0.2, 0) is 11.2 Å². The van der Waals surface area contributed by atoms with Crippen LogP contribution in [0.25, 0.3) is 0 Å². The number of hydrogen-bond donors (Lipinski definition) is 1. The summed E-state index contributed by atoms with van der Waals surface area (Å²) < 4.78 is 5.83. The molecule has 1 aliphatic rings. The quantitative estimate of drug-likeness (QED) is 0.880. The van der Waals surface area contributed by atoms with Crippen molar-refractivity contribution in [2.45, 2.75) is 25.9 Å². The lowest BCUT2D eigenvalue weighted by Gasteiger charge is -2.18. The lowest BCUT2D eigenvalue weighted by molar-refractivity contribution is -0.132. The van der Waals surface area contributed by atoms with Gasteiger partial charge in [0.1, 0.15) is 5.75 Å². The number of ether oxygens (including phenoxy) is 1. The highest BCUT2D eigenvalue weighted by atomic mass is 16.5. The maximum absolute atomic E-state index is 12.4. The molecule has 25 heavy (non-hydrogen) atoms. The summed E-state index contributed by atoms with van der Waals surface area (Å²) in [6.45, 7) is 3.14. The molecule has 2 atom stereocenters. The van der Waals surface area contributed by atoms with Gasteiger partial charge in [0.25, 0.3) is 5.91 Å². The van der Waals surface area contributed by atoms with Gasteiger partial charge in [-0.15, -0.1) is 0 Å². The zero-order valence-corrected chi connectivity index (χ0v) is 14.6. The Balaban J connectivity index is 1.59. The first kappa shape index (κ1) is 17.5. The standard InChI is InChI=1S/C21H25NO3/c1-16(23)19-11-12-22(14-19)21(24)15-25-20-10-6-5-9-18(20)13-17-7-3-2-4-8-17/h2-10,16,19,23H,11-15H2,1H3. The molecule has 4 heteroatoms. The summed E-state index contributed by atoms with van der Waals surface area (Å²) in [5.74, 6) is 0.915. The average Bonchev–Trinajstić information content (AvgIpc) is 3.12. The third kappa shape index (κ3) is 4.60. The summed E-state index contributed by atoms with van der Waals surface area (Å²) in [5, 5.41) is 9.67. The SMILES string of the molecule is CC(O)C1CCN(C(=O)COc2ccccc2Cc2ccccc2)C1. The molecule has 0 aliphatic carbocycles. The van der Waals surface area contributed by atoms with E-state index in [4.69, 9.17) is 4.74 Å². The number of hydrogen-bond acceptors (Lipinski definition) is 3. The van der Waals surface area contributed by atoms with Gasteiger partial charge in [-0.3, -0.25) is 4.79 Å². The first-order valence-corrected chi connectivity index (χ1v) is 8.84. The molecule has 0 spiro atoms. The van der Waals surface area contributed by atoms with Crippen molar-refractivity contribution in [1.82, 2.24) is 4.90 Å². The minimum absolute atomic E-state index is 0.0161. The summed E-state index contributed by atoms with van der Waals surface area (Å²) in [4.78, 5) is 14.2. The van der Waals surface area contributed by atoms with Crippen molar-refractivity contribution in [3.05, 3.63) is 65.7 Å². The second kappa shape index (κ2) is 8.17. The highest BCUT2D eigenvalue weighted by Crippen LogP contribution is 2.23. The number of likely N-dealkylation sites (tertiary alicyclic amines) is 1. The Hall–Kier alpha value is -2.33. The van der Waals surface area contributed by atoms with E-state index in [0.717, 1.165) is 24.2 Å². The van der Waals surface area contributed by atoms with Crippen LogP contribution in [0.5, 0.6) is 5.75 Å². The van der Waals surface area contributed by atoms with Crippen molar-refractivity contribution < 1.29 is 14.6 Å². The van der Waals surface area contributed by atoms with Crippen LogP contribution in [0.2, 0.25) is 0 Å². The van der Waals surface area contributed by atoms with Gasteiger partial charge in [-0.2, -0.15) is 0 Å². The summed E-state index contributed by atoms with van der Waals surface area (Å²) in [6, 6.07) is 18.1. The fourth-order valence-electron chi connectivity index (χ4n) is 3.24. The number of benzene rings is 2. The molecule has 2 unspecified atom stereocenters. The summed E-state index contributed by atoms with van der Waals surface area (Å²) in [6.07, 6.45) is 1.26. The molecule has 2 aromatic rings. The van der Waals surface area contributed by atoms with Crippen LogP contribution in [0.15, 0.2) is 54.6 Å². The summed E-state index contributed by atoms with van der Waals surface area (Å²) in [5.41, 5.74) is 2.29. The normalized spacial score (nSPS) is 18.2. The van der Waals surface area contributed by atoms with Gasteiger partial charge in [0.2, 0.25) is 0 Å². The third-order valence-corrected chi connectivity index (χ3v) is 4.82. The van der Waals surface area contributed by atoms with E-state index in [-0.39, 0.29) is 24.5 Å². The summed E-state index contributed by atoms with van der Waals surface area (Å²) in [7, 11) is 0. The number of carbonyl (C=O) groups excluding carboxylic acids is 1. The maximum atomic E-state index is 12.4. The van der Waals surface area contributed by atoms with Crippen molar-refractivity contribution in [2.75, 3.05) is 19.7 Å². The van der Waals surface area contributed by atoms with Crippen LogP contribution in [0.3, 0.4) is 0 Å². The number of aliphatic hydroxyl groups is 1. The highest BCUT2D eigenvalue weighted by Gasteiger charge is 2.29. The molecule has 132 valence electrons. The van der Waals surface area contributed by atoms with Crippen LogP contribution in [0.1, 0.15) is 24.5 Å². The Bertz CT molecular complexity index is 699. The molecule has 1 amide bonds. The predicted molar refractivity (Wildman–Crippen MR) is 97.6 cm³/mol. The number of amides is 1. The maximum Gasteiger partial charge on any atom is 0.260 e. The second-order valence-corrected chi connectivity index (χ2v) is 6.69. The fraction of sp³-hybridized carbons (Fsp3) is 0.381. The molecular formula is C21H25NO3. The van der Waals surface area contributed by atoms with Gasteiger partial charge in [0.05, 0.1) is 6.10 Å². The second-order valence-electron chi connectivity index (χ2n) is 6.69. The van der Waals surface area contributed by atoms with Gasteiger partial charge in [-0.25, -0.2) is 0 Å². The molecule has 0 bridgehead atoms. The van der Waals surface area contributed by atoms with Crippen molar-refractivity contribution in [3.63, 3.8) is 0 Å². The van der Waals surface area contributed by atoms with Crippen LogP contribution in [0.4, 0.5) is 0 Å². The van der Waals surface area contributed by atoms with Gasteiger partial charge in [-0.05, 0) is 30.5 Å². The molecule has 4 nitrogen and oxygen atoms in total. The smallest absolute Gasteiger partial charge is 0.260 e. The Morgan fingerprint density at radius 3 is 2.64 bits per heavy atom. The number of nitrogens with zero attached hydrogens (tertiary/aromatic N) is 1. The molecule has 1 aliphatic heterocycles. The van der Waals surface area contributed by atoms with Crippen molar-refractivity contribution in [1.29, 1.82) is 0 Å². The van der Waals surface area contributed by atoms with E-state index in [9.17, 15) is 9.90 Å². The van der Waals surface area contributed by atoms with E-state index in [2.05, 4.69) is 12.1 Å². The van der Waals surface area contributed by atoms with Gasteiger partial charge >= 0.3 is 0 Å². The van der Waals surface area contributed by atoms with Gasteiger partial charge in [0.15, 0.2) is 6.61 Å². The van der Waals surface area contributed by atoms with Crippen molar-refractivity contribution >= 4 is 5.91 Å². The molecule has 3 rings (SSSR count). The molecule has 2 aromatic carbocycles. The zero-order valence-electron chi connectivity index (χ0n) is 14.6. The van der Waals surface area contributed by atoms with E-state index in [1.54, 1.807) is 11.8 Å². The lowest BCUT2D eigenvalue weighted by atomic mass is 10.0. The number of rotatable bonds is 6. The van der Waals surface area contributed by atoms with Crippen molar-refractivity contribution in [2.24, 2.45) is 5.92 Å². The molecule has 0 saturated carbocycles.